The van der Waals surface area contributed by atoms with Gasteiger partial charge in [0.25, 0.3) is 5.91 Å². The lowest BCUT2D eigenvalue weighted by atomic mass is 9.64. The van der Waals surface area contributed by atoms with Crippen LogP contribution in [0.1, 0.15) is 67.4 Å². The van der Waals surface area contributed by atoms with Crippen molar-refractivity contribution in [1.82, 2.24) is 4.72 Å². The molecule has 2 aromatic carbocycles. The van der Waals surface area contributed by atoms with Gasteiger partial charge in [0, 0.05) is 29.1 Å². The van der Waals surface area contributed by atoms with Crippen molar-refractivity contribution in [2.24, 2.45) is 17.8 Å². The van der Waals surface area contributed by atoms with E-state index in [0.29, 0.717) is 38.5 Å². The first kappa shape index (κ1) is 33.1. The molecule has 2 aliphatic carbocycles. The number of benzene rings is 2. The molecule has 6 atom stereocenters. The Hall–Kier alpha value is -2.85. The average Bonchev–Trinajstić information content (AvgIpc) is 3.15. The van der Waals surface area contributed by atoms with Crippen LogP contribution in [0.3, 0.4) is 0 Å². The normalized spacial score (nSPS) is 33.0. The molecule has 1 spiro atoms. The molecule has 8 nitrogen and oxygen atoms in total. The number of nitrogens with one attached hydrogen (secondary N) is 1. The van der Waals surface area contributed by atoms with Crippen LogP contribution in [0.2, 0.25) is 5.02 Å². The van der Waals surface area contributed by atoms with Crippen molar-refractivity contribution >= 4 is 33.2 Å². The summed E-state index contributed by atoms with van der Waals surface area (Å²) in [6, 6.07) is 11.3. The Labute approximate surface area is 277 Å². The van der Waals surface area contributed by atoms with Crippen LogP contribution in [0, 0.1) is 17.8 Å². The van der Waals surface area contributed by atoms with Crippen LogP contribution in [0.25, 0.3) is 0 Å². The first-order chi connectivity index (χ1) is 21.9. The molecule has 1 saturated carbocycles. The Morgan fingerprint density at radius 1 is 1.22 bits per heavy atom. The zero-order chi connectivity index (χ0) is 32.7. The molecule has 2 heterocycles. The fourth-order valence-corrected chi connectivity index (χ4v) is 9.31. The quantitative estimate of drug-likeness (QED) is 0.313. The summed E-state index contributed by atoms with van der Waals surface area (Å²) >= 11 is 6.42. The van der Waals surface area contributed by atoms with Crippen LogP contribution in [0.15, 0.2) is 61.2 Å². The number of rotatable bonds is 4. The number of amides is 1. The van der Waals surface area contributed by atoms with E-state index in [1.54, 1.807) is 31.2 Å². The summed E-state index contributed by atoms with van der Waals surface area (Å²) in [6.07, 6.45) is 10.5. The number of allylic oxidation sites excluding steroid dienone is 1. The van der Waals surface area contributed by atoms with Gasteiger partial charge in [0.15, 0.2) is 0 Å². The van der Waals surface area contributed by atoms with Crippen LogP contribution in [-0.4, -0.2) is 63.2 Å². The molecule has 6 rings (SSSR count). The monoisotopic (exact) mass is 668 g/mol. The molecule has 0 unspecified atom stereocenters. The highest BCUT2D eigenvalue weighted by molar-refractivity contribution is 7.90. The summed E-state index contributed by atoms with van der Waals surface area (Å²) in [4.78, 5) is 15.8. The molecule has 0 aromatic heterocycles. The average molecular weight is 669 g/mol. The van der Waals surface area contributed by atoms with Gasteiger partial charge < -0.3 is 19.5 Å². The third-order valence-electron chi connectivity index (χ3n) is 10.8. The summed E-state index contributed by atoms with van der Waals surface area (Å²) in [7, 11) is -3.98. The first-order valence-corrected chi connectivity index (χ1v) is 18.3. The number of ether oxygens (including phenoxy) is 2. The van der Waals surface area contributed by atoms with Crippen molar-refractivity contribution in [3.05, 3.63) is 82.9 Å². The molecule has 2 aliphatic heterocycles. The van der Waals surface area contributed by atoms with Gasteiger partial charge in [-0.2, -0.15) is 0 Å². The Morgan fingerprint density at radius 3 is 2.80 bits per heavy atom. The van der Waals surface area contributed by atoms with Crippen LogP contribution in [0.4, 0.5) is 5.69 Å². The van der Waals surface area contributed by atoms with Crippen molar-refractivity contribution < 1.29 is 27.8 Å². The van der Waals surface area contributed by atoms with E-state index in [2.05, 4.69) is 28.3 Å². The van der Waals surface area contributed by atoms with E-state index in [0.717, 1.165) is 42.8 Å². The van der Waals surface area contributed by atoms with E-state index in [4.69, 9.17) is 21.1 Å². The highest BCUT2D eigenvalue weighted by Gasteiger charge is 2.48. The van der Waals surface area contributed by atoms with Gasteiger partial charge in [-0.25, -0.2) is 13.1 Å². The second kappa shape index (κ2) is 13.0. The number of carbonyl (C=O) groups excluding carboxylic acids is 1. The topological polar surface area (TPSA) is 105 Å². The third kappa shape index (κ3) is 6.36. The SMILES string of the molecule is C=CCOC[C@]1(O)/C=C/C[C@H](C)[C@@H](C)S(=O)(=O)NC(=O)c2ccc3c(c2)N(C[C@@H]2CC[C@H]21)C[C@@]1(CCCc2cc(Cl)ccc21)CO3. The maximum absolute atomic E-state index is 13.4. The summed E-state index contributed by atoms with van der Waals surface area (Å²) in [5, 5.41) is 12.0. The van der Waals surface area contributed by atoms with E-state index in [9.17, 15) is 18.3 Å². The molecule has 46 heavy (non-hydrogen) atoms. The smallest absolute Gasteiger partial charge is 0.264 e. The summed E-state index contributed by atoms with van der Waals surface area (Å²) in [5.41, 5.74) is 1.95. The van der Waals surface area contributed by atoms with Gasteiger partial charge in [0.2, 0.25) is 10.0 Å². The minimum atomic E-state index is -3.98. The Balaban J connectivity index is 1.44. The van der Waals surface area contributed by atoms with Crippen LogP contribution in [-0.2, 0) is 26.6 Å². The van der Waals surface area contributed by atoms with Gasteiger partial charge >= 0.3 is 0 Å². The van der Waals surface area contributed by atoms with Crippen molar-refractivity contribution in [3.8, 4) is 5.75 Å². The lowest BCUT2D eigenvalue weighted by Gasteiger charge is -2.49. The number of nitrogens with zero attached hydrogens (tertiary/aromatic N) is 1. The zero-order valence-corrected chi connectivity index (χ0v) is 28.3. The Bertz CT molecular complexity index is 1630. The highest BCUT2D eigenvalue weighted by Crippen LogP contribution is 2.48. The van der Waals surface area contributed by atoms with E-state index >= 15 is 0 Å². The van der Waals surface area contributed by atoms with E-state index in [-0.39, 0.29) is 35.3 Å². The number of anilines is 1. The molecule has 2 aromatic rings. The predicted molar refractivity (Wildman–Crippen MR) is 181 cm³/mol. The van der Waals surface area contributed by atoms with Gasteiger partial charge in [-0.15, -0.1) is 6.58 Å². The van der Waals surface area contributed by atoms with Gasteiger partial charge in [0.1, 0.15) is 11.4 Å². The second-order valence-electron chi connectivity index (χ2n) is 13.8. The molecular formula is C36H45ClN2O6S. The van der Waals surface area contributed by atoms with Crippen molar-refractivity contribution in [3.63, 3.8) is 0 Å². The molecule has 2 N–H and O–H groups in total. The molecule has 2 bridgehead atoms. The number of carbonyl (C=O) groups is 1. The lowest BCUT2D eigenvalue weighted by molar-refractivity contribution is -0.0914. The minimum Gasteiger partial charge on any atom is -0.490 e. The van der Waals surface area contributed by atoms with E-state index in [1.807, 2.05) is 25.1 Å². The summed E-state index contributed by atoms with van der Waals surface area (Å²) < 4.78 is 41.4. The van der Waals surface area contributed by atoms with Gasteiger partial charge in [0.05, 0.1) is 30.8 Å². The predicted octanol–water partition coefficient (Wildman–Crippen LogP) is 5.82. The van der Waals surface area contributed by atoms with Gasteiger partial charge in [-0.3, -0.25) is 4.79 Å². The fourth-order valence-electron chi connectivity index (χ4n) is 7.83. The molecule has 0 saturated heterocycles. The Kier molecular flexibility index (Phi) is 9.33. The molecule has 10 heteroatoms. The van der Waals surface area contributed by atoms with Gasteiger partial charge in [-0.1, -0.05) is 42.8 Å². The zero-order valence-electron chi connectivity index (χ0n) is 26.7. The molecule has 1 amide bonds. The van der Waals surface area contributed by atoms with Gasteiger partial charge in [-0.05, 0) is 105 Å². The maximum Gasteiger partial charge on any atom is 0.264 e. The third-order valence-corrected chi connectivity index (χ3v) is 13.0. The summed E-state index contributed by atoms with van der Waals surface area (Å²) in [6.45, 7) is 9.41. The van der Waals surface area contributed by atoms with Crippen LogP contribution >= 0.6 is 11.6 Å². The van der Waals surface area contributed by atoms with Crippen molar-refractivity contribution in [1.29, 1.82) is 0 Å². The molecule has 1 fully saturated rings. The van der Waals surface area contributed by atoms with E-state index < -0.39 is 26.8 Å². The number of hydrogen-bond donors (Lipinski definition) is 2. The number of aliphatic hydroxyl groups is 1. The van der Waals surface area contributed by atoms with Crippen LogP contribution in [0.5, 0.6) is 5.75 Å². The lowest BCUT2D eigenvalue weighted by Crippen LogP contribution is -2.54. The number of sulfonamides is 1. The van der Waals surface area contributed by atoms with Crippen LogP contribution < -0.4 is 14.4 Å². The minimum absolute atomic E-state index is 0.0644. The summed E-state index contributed by atoms with van der Waals surface area (Å²) in [5.74, 6) is -0.215. The Morgan fingerprint density at radius 2 is 2.04 bits per heavy atom. The number of fused-ring (bicyclic) bond motifs is 4. The standard InChI is InChI=1S/C36H45ClN2O6S/c1-4-17-44-23-36(41)16-5-7-24(2)25(3)46(42,43)38-34(40)27-10-14-33-32(19-27)39(20-28-9-12-31(28)36)21-35(22-45-33)15-6-8-26-18-29(37)11-13-30(26)35/h4-5,10-11,13-14,16,18-19,24-25,28,31,41H,1,6-9,12,15,17,20-23H2,2-3H3,(H,38,40)/b16-5+/t24-,25+,28-,31+,35-,36+/m0/s1. The molecule has 248 valence electrons. The number of aryl methyl sites for hydroxylation is 1. The highest BCUT2D eigenvalue weighted by atomic mass is 35.5. The second-order valence-corrected chi connectivity index (χ2v) is 16.3. The first-order valence-electron chi connectivity index (χ1n) is 16.4. The number of hydrogen-bond acceptors (Lipinski definition) is 7. The van der Waals surface area contributed by atoms with Crippen molar-refractivity contribution in [2.45, 2.75) is 68.6 Å². The van der Waals surface area contributed by atoms with E-state index in [1.165, 1.54) is 11.1 Å². The van der Waals surface area contributed by atoms with Crippen molar-refractivity contribution in [2.75, 3.05) is 37.8 Å². The largest absolute Gasteiger partial charge is 0.490 e. The maximum atomic E-state index is 13.4. The molecular weight excluding hydrogens is 624 g/mol. The number of halogens is 1. The molecule has 4 aliphatic rings. The molecule has 0 radical (unpaired) electrons. The fraction of sp³-hybridized carbons (Fsp3) is 0.528.